The highest BCUT2D eigenvalue weighted by atomic mass is 32.1. The predicted octanol–water partition coefficient (Wildman–Crippen LogP) is 1.26. The van der Waals surface area contributed by atoms with Gasteiger partial charge in [-0.25, -0.2) is 0 Å². The van der Waals surface area contributed by atoms with Crippen LogP contribution in [0.25, 0.3) is 16.2 Å². The van der Waals surface area contributed by atoms with Crippen LogP contribution in [0.5, 0.6) is 5.75 Å². The lowest BCUT2D eigenvalue weighted by Gasteiger charge is -2.01. The Hall–Kier alpha value is -2.48. The molecule has 1 aromatic carbocycles. The minimum absolute atomic E-state index is 0.262. The maximum atomic E-state index is 12.4. The van der Waals surface area contributed by atoms with Crippen molar-refractivity contribution in [3.05, 3.63) is 34.6 Å². The Morgan fingerprint density at radius 3 is 2.65 bits per heavy atom. The normalized spacial score (nSPS) is 10.7. The largest absolute Gasteiger partial charge is 0.497 e. The predicted molar refractivity (Wildman–Crippen MR) is 76.5 cm³/mol. The molecule has 3 aromatic rings. The van der Waals surface area contributed by atoms with Gasteiger partial charge in [0.15, 0.2) is 5.69 Å². The van der Waals surface area contributed by atoms with Crippen molar-refractivity contribution in [2.75, 3.05) is 19.5 Å². The van der Waals surface area contributed by atoms with Crippen LogP contribution in [0.15, 0.2) is 29.1 Å². The van der Waals surface area contributed by atoms with E-state index in [9.17, 15) is 4.79 Å². The van der Waals surface area contributed by atoms with Crippen LogP contribution in [0.1, 0.15) is 0 Å². The van der Waals surface area contributed by atoms with E-state index in [1.165, 1.54) is 15.9 Å². The summed E-state index contributed by atoms with van der Waals surface area (Å²) in [6, 6.07) is 7.07. The molecule has 1 N–H and O–H groups in total. The number of aromatic nitrogens is 4. The molecule has 0 fully saturated rings. The lowest BCUT2D eigenvalue weighted by Crippen LogP contribution is -2.19. The second kappa shape index (κ2) is 4.89. The Bertz CT molecular complexity index is 809. The number of anilines is 1. The minimum atomic E-state index is -0.294. The molecule has 0 amide bonds. The molecule has 0 aliphatic rings. The average Bonchev–Trinajstić information content (AvgIpc) is 2.92. The molecule has 7 nitrogen and oxygen atoms in total. The Balaban J connectivity index is 2.15. The molecule has 0 atom stereocenters. The van der Waals surface area contributed by atoms with Gasteiger partial charge in [0.2, 0.25) is 10.1 Å². The Kier molecular flexibility index (Phi) is 3.07. The van der Waals surface area contributed by atoms with Gasteiger partial charge in [0, 0.05) is 12.6 Å². The monoisotopic (exact) mass is 289 g/mol. The third-order valence-corrected chi connectivity index (χ3v) is 3.68. The van der Waals surface area contributed by atoms with Crippen LogP contribution in [0.4, 0.5) is 5.13 Å². The van der Waals surface area contributed by atoms with Crippen LogP contribution < -0.4 is 15.6 Å². The van der Waals surface area contributed by atoms with Gasteiger partial charge in [0.1, 0.15) is 5.75 Å². The van der Waals surface area contributed by atoms with E-state index in [1.807, 2.05) is 0 Å². The first-order valence-electron chi connectivity index (χ1n) is 5.81. The molecule has 0 aliphatic carbocycles. The van der Waals surface area contributed by atoms with Crippen LogP contribution in [0.3, 0.4) is 0 Å². The van der Waals surface area contributed by atoms with Gasteiger partial charge < -0.3 is 10.1 Å². The van der Waals surface area contributed by atoms with Crippen molar-refractivity contribution < 1.29 is 4.74 Å². The fourth-order valence-corrected chi connectivity index (χ4v) is 2.44. The zero-order valence-electron chi connectivity index (χ0n) is 10.8. The molecule has 2 heterocycles. The van der Waals surface area contributed by atoms with Gasteiger partial charge in [-0.3, -0.25) is 4.79 Å². The number of fused-ring (bicyclic) bond motifs is 1. The van der Waals surface area contributed by atoms with Gasteiger partial charge in [-0.05, 0) is 24.3 Å². The highest BCUT2D eigenvalue weighted by Gasteiger charge is 2.12. The van der Waals surface area contributed by atoms with Crippen molar-refractivity contribution in [1.29, 1.82) is 0 Å². The second-order valence-electron chi connectivity index (χ2n) is 3.93. The van der Waals surface area contributed by atoms with E-state index in [0.717, 1.165) is 0 Å². The standard InChI is InChI=1S/C12H11N5O2S/c1-13-11-16-17-10(18)9(14-15-12(17)20-11)7-3-5-8(19-2)6-4-7/h3-6H,1-2H3,(H,13,16). The molecule has 0 unspecified atom stereocenters. The molecular formula is C12H11N5O2S. The smallest absolute Gasteiger partial charge is 0.302 e. The number of benzene rings is 1. The molecule has 0 radical (unpaired) electrons. The second-order valence-corrected chi connectivity index (χ2v) is 4.89. The summed E-state index contributed by atoms with van der Waals surface area (Å²) in [4.78, 5) is 12.8. The van der Waals surface area contributed by atoms with Crippen LogP contribution in [-0.4, -0.2) is 34.0 Å². The zero-order chi connectivity index (χ0) is 14.1. The molecule has 8 heteroatoms. The molecule has 0 saturated carbocycles. The number of hydrogen-bond acceptors (Lipinski definition) is 7. The number of nitrogens with one attached hydrogen (secondary N) is 1. The van der Waals surface area contributed by atoms with Crippen molar-refractivity contribution >= 4 is 21.4 Å². The quantitative estimate of drug-likeness (QED) is 0.782. The molecular weight excluding hydrogens is 278 g/mol. The zero-order valence-corrected chi connectivity index (χ0v) is 11.6. The fourth-order valence-electron chi connectivity index (χ4n) is 1.75. The van der Waals surface area contributed by atoms with E-state index in [2.05, 4.69) is 20.6 Å². The van der Waals surface area contributed by atoms with Gasteiger partial charge in [0.25, 0.3) is 0 Å². The first-order valence-corrected chi connectivity index (χ1v) is 6.63. The summed E-state index contributed by atoms with van der Waals surface area (Å²) in [5, 5.41) is 15.7. The molecule has 3 rings (SSSR count). The fraction of sp³-hybridized carbons (Fsp3) is 0.167. The van der Waals surface area contributed by atoms with Crippen LogP contribution in [-0.2, 0) is 0 Å². The van der Waals surface area contributed by atoms with Crippen molar-refractivity contribution in [2.24, 2.45) is 0 Å². The Labute approximate surface area is 117 Å². The summed E-state index contributed by atoms with van der Waals surface area (Å²) in [6.45, 7) is 0. The van der Waals surface area contributed by atoms with E-state index in [1.54, 1.807) is 38.4 Å². The van der Waals surface area contributed by atoms with Crippen LogP contribution in [0.2, 0.25) is 0 Å². The minimum Gasteiger partial charge on any atom is -0.497 e. The summed E-state index contributed by atoms with van der Waals surface area (Å²) in [7, 11) is 3.32. The molecule has 102 valence electrons. The van der Waals surface area contributed by atoms with E-state index in [0.29, 0.717) is 21.4 Å². The van der Waals surface area contributed by atoms with Gasteiger partial charge in [-0.15, -0.1) is 15.3 Å². The summed E-state index contributed by atoms with van der Waals surface area (Å²) in [6.07, 6.45) is 0. The molecule has 20 heavy (non-hydrogen) atoms. The van der Waals surface area contributed by atoms with E-state index < -0.39 is 0 Å². The SMILES string of the molecule is CNc1nn2c(=O)c(-c3ccc(OC)cc3)nnc2s1. The van der Waals surface area contributed by atoms with Crippen molar-refractivity contribution in [2.45, 2.75) is 0 Å². The molecule has 0 spiro atoms. The van der Waals surface area contributed by atoms with Gasteiger partial charge in [-0.2, -0.15) is 4.52 Å². The lowest BCUT2D eigenvalue weighted by atomic mass is 10.1. The number of nitrogens with zero attached hydrogens (tertiary/aromatic N) is 4. The number of rotatable bonds is 3. The van der Waals surface area contributed by atoms with Gasteiger partial charge in [0.05, 0.1) is 7.11 Å². The van der Waals surface area contributed by atoms with E-state index in [-0.39, 0.29) is 11.3 Å². The van der Waals surface area contributed by atoms with Gasteiger partial charge >= 0.3 is 5.56 Å². The highest BCUT2D eigenvalue weighted by molar-refractivity contribution is 7.20. The summed E-state index contributed by atoms with van der Waals surface area (Å²) >= 11 is 1.27. The van der Waals surface area contributed by atoms with Crippen LogP contribution >= 0.6 is 11.3 Å². The van der Waals surface area contributed by atoms with E-state index >= 15 is 0 Å². The maximum absolute atomic E-state index is 12.4. The van der Waals surface area contributed by atoms with Gasteiger partial charge in [-0.1, -0.05) is 11.3 Å². The first-order chi connectivity index (χ1) is 9.72. The average molecular weight is 289 g/mol. The molecule has 2 aromatic heterocycles. The number of ether oxygens (including phenoxy) is 1. The lowest BCUT2D eigenvalue weighted by molar-refractivity contribution is 0.415. The number of hydrogen-bond donors (Lipinski definition) is 1. The molecule has 0 aliphatic heterocycles. The third-order valence-electron chi connectivity index (χ3n) is 2.77. The van der Waals surface area contributed by atoms with Crippen molar-refractivity contribution in [3.63, 3.8) is 0 Å². The highest BCUT2D eigenvalue weighted by Crippen LogP contribution is 2.19. The Morgan fingerprint density at radius 1 is 1.25 bits per heavy atom. The maximum Gasteiger partial charge on any atom is 0.302 e. The van der Waals surface area contributed by atoms with Crippen LogP contribution in [0, 0.1) is 0 Å². The number of methoxy groups -OCH3 is 1. The van der Waals surface area contributed by atoms with E-state index in [4.69, 9.17) is 4.74 Å². The third kappa shape index (κ3) is 1.99. The van der Waals surface area contributed by atoms with Crippen molar-refractivity contribution in [1.82, 2.24) is 19.8 Å². The summed E-state index contributed by atoms with van der Waals surface area (Å²) in [5.74, 6) is 0.717. The molecule has 0 bridgehead atoms. The summed E-state index contributed by atoms with van der Waals surface area (Å²) in [5.41, 5.74) is 0.646. The summed E-state index contributed by atoms with van der Waals surface area (Å²) < 4.78 is 6.34. The molecule has 0 saturated heterocycles. The van der Waals surface area contributed by atoms with Crippen molar-refractivity contribution in [3.8, 4) is 17.0 Å². The Morgan fingerprint density at radius 2 is 2.00 bits per heavy atom. The topological polar surface area (TPSA) is 81.4 Å². The first kappa shape index (κ1) is 12.5.